The lowest BCUT2D eigenvalue weighted by molar-refractivity contribution is -0.163. The summed E-state index contributed by atoms with van der Waals surface area (Å²) in [5.74, 6) is -4.27. The van der Waals surface area contributed by atoms with Gasteiger partial charge in [0.15, 0.2) is 0 Å². The Morgan fingerprint density at radius 3 is 2.27 bits per heavy atom. The number of nitrogens with zero attached hydrogens (tertiary/aromatic N) is 2. The van der Waals surface area contributed by atoms with Crippen molar-refractivity contribution < 1.29 is 33.0 Å². The van der Waals surface area contributed by atoms with E-state index in [1.807, 2.05) is 0 Å². The quantitative estimate of drug-likeness (QED) is 0.617. The SMILES string of the molecule is CC(O)C1C(=O)N2C(C(=O)O)=C(S(=O)(=O)c3ccccc3C(=O)N3CCCCCC3)C(C)[C@@H]12. The Hall–Kier alpha value is -2.72. The largest absolute Gasteiger partial charge is 0.477 e. The van der Waals surface area contributed by atoms with E-state index in [1.54, 1.807) is 17.9 Å². The number of hydrogen-bond donors (Lipinski definition) is 2. The minimum atomic E-state index is -4.43. The van der Waals surface area contributed by atoms with Gasteiger partial charge in [-0.05, 0) is 31.9 Å². The molecule has 0 radical (unpaired) electrons. The van der Waals surface area contributed by atoms with Crippen molar-refractivity contribution in [1.29, 1.82) is 0 Å². The third-order valence-electron chi connectivity index (χ3n) is 6.90. The van der Waals surface area contributed by atoms with Crippen molar-refractivity contribution in [3.8, 4) is 0 Å². The molecule has 1 aromatic rings. The minimum absolute atomic E-state index is 0.00325. The number of carbonyl (C=O) groups excluding carboxylic acids is 2. The molecule has 0 saturated carbocycles. The van der Waals surface area contributed by atoms with E-state index in [0.717, 1.165) is 30.6 Å². The van der Waals surface area contributed by atoms with Crippen molar-refractivity contribution >= 4 is 27.6 Å². The van der Waals surface area contributed by atoms with Gasteiger partial charge in [-0.25, -0.2) is 13.2 Å². The number of carboxylic acids is 1. The van der Waals surface area contributed by atoms with Crippen LogP contribution in [0, 0.1) is 11.8 Å². The molecule has 2 saturated heterocycles. The Morgan fingerprint density at radius 1 is 1.09 bits per heavy atom. The van der Waals surface area contributed by atoms with Gasteiger partial charge in [0, 0.05) is 19.0 Å². The number of benzene rings is 1. The van der Waals surface area contributed by atoms with E-state index < -0.39 is 62.2 Å². The van der Waals surface area contributed by atoms with Gasteiger partial charge in [-0.3, -0.25) is 9.59 Å². The average molecular weight is 477 g/mol. The summed E-state index contributed by atoms with van der Waals surface area (Å²) < 4.78 is 27.7. The Labute approximate surface area is 192 Å². The molecule has 9 nitrogen and oxygen atoms in total. The first kappa shape index (κ1) is 23.4. The molecule has 4 rings (SSSR count). The van der Waals surface area contributed by atoms with E-state index in [2.05, 4.69) is 0 Å². The number of aliphatic hydroxyl groups excluding tert-OH is 1. The van der Waals surface area contributed by atoms with Gasteiger partial charge in [-0.15, -0.1) is 0 Å². The third kappa shape index (κ3) is 3.65. The smallest absolute Gasteiger partial charge is 0.353 e. The Kier molecular flexibility index (Phi) is 6.09. The molecule has 3 heterocycles. The van der Waals surface area contributed by atoms with Crippen molar-refractivity contribution in [2.45, 2.75) is 56.6 Å². The van der Waals surface area contributed by atoms with Crippen LogP contribution >= 0.6 is 0 Å². The molecule has 178 valence electrons. The minimum Gasteiger partial charge on any atom is -0.477 e. The molecule has 3 aliphatic rings. The predicted molar refractivity (Wildman–Crippen MR) is 118 cm³/mol. The molecule has 0 bridgehead atoms. The number of hydrogen-bond acceptors (Lipinski definition) is 6. The van der Waals surface area contributed by atoms with Crippen LogP contribution in [-0.2, 0) is 19.4 Å². The fraction of sp³-hybridized carbons (Fsp3) is 0.522. The topological polar surface area (TPSA) is 132 Å². The van der Waals surface area contributed by atoms with Gasteiger partial charge in [0.2, 0.25) is 15.7 Å². The first-order valence-electron chi connectivity index (χ1n) is 11.2. The lowest BCUT2D eigenvalue weighted by atomic mass is 9.79. The highest BCUT2D eigenvalue weighted by Gasteiger charge is 2.62. The van der Waals surface area contributed by atoms with E-state index in [-0.39, 0.29) is 10.5 Å². The van der Waals surface area contributed by atoms with Gasteiger partial charge in [0.05, 0.1) is 33.4 Å². The summed E-state index contributed by atoms with van der Waals surface area (Å²) in [6.45, 7) is 4.04. The summed E-state index contributed by atoms with van der Waals surface area (Å²) >= 11 is 0. The van der Waals surface area contributed by atoms with Crippen LogP contribution in [0.15, 0.2) is 39.8 Å². The molecule has 0 spiro atoms. The molecule has 0 aliphatic carbocycles. The van der Waals surface area contributed by atoms with Crippen LogP contribution in [0.2, 0.25) is 0 Å². The highest BCUT2D eigenvalue weighted by molar-refractivity contribution is 7.95. The summed E-state index contributed by atoms with van der Waals surface area (Å²) in [5, 5.41) is 19.8. The zero-order valence-corrected chi connectivity index (χ0v) is 19.4. The number of carboxylic acid groups (broad SMARTS) is 1. The lowest BCUT2D eigenvalue weighted by Crippen LogP contribution is -2.63. The number of aliphatic carboxylic acids is 1. The Bertz CT molecular complexity index is 1130. The van der Waals surface area contributed by atoms with Crippen molar-refractivity contribution in [3.05, 3.63) is 40.4 Å². The van der Waals surface area contributed by atoms with Crippen LogP contribution in [0.5, 0.6) is 0 Å². The van der Waals surface area contributed by atoms with E-state index in [0.29, 0.717) is 13.1 Å². The molecule has 3 aliphatic heterocycles. The normalized spacial score (nSPS) is 26.5. The standard InChI is InChI=1S/C23H28N2O7S/c1-13-18-17(14(2)26)22(28)25(18)19(23(29)30)20(13)33(31,32)16-10-6-5-9-15(16)21(27)24-11-7-3-4-8-12-24/h5-6,9-10,13-14,17-18,26H,3-4,7-8,11-12H2,1-2H3,(H,29,30)/t13?,14?,17?,18-/m0/s1. The predicted octanol–water partition coefficient (Wildman–Crippen LogP) is 1.63. The van der Waals surface area contributed by atoms with Gasteiger partial charge in [-0.2, -0.15) is 0 Å². The number of β-lactam (4-membered cyclic amide) rings is 1. The van der Waals surface area contributed by atoms with Crippen LogP contribution in [0.25, 0.3) is 0 Å². The lowest BCUT2D eigenvalue weighted by Gasteiger charge is -2.46. The van der Waals surface area contributed by atoms with Gasteiger partial charge in [0.1, 0.15) is 5.70 Å². The number of likely N-dealkylation sites (tertiary alicyclic amines) is 1. The van der Waals surface area contributed by atoms with Crippen molar-refractivity contribution in [2.24, 2.45) is 11.8 Å². The molecule has 2 amide bonds. The van der Waals surface area contributed by atoms with E-state index in [1.165, 1.54) is 25.1 Å². The van der Waals surface area contributed by atoms with E-state index in [4.69, 9.17) is 0 Å². The molecular weight excluding hydrogens is 448 g/mol. The molecule has 3 unspecified atom stereocenters. The van der Waals surface area contributed by atoms with E-state index >= 15 is 0 Å². The zero-order chi connectivity index (χ0) is 24.1. The van der Waals surface area contributed by atoms with Crippen LogP contribution in [0.4, 0.5) is 0 Å². The number of carbonyl (C=O) groups is 3. The third-order valence-corrected chi connectivity index (χ3v) is 8.98. The van der Waals surface area contributed by atoms with E-state index in [9.17, 15) is 33.0 Å². The van der Waals surface area contributed by atoms with Gasteiger partial charge < -0.3 is 20.0 Å². The van der Waals surface area contributed by atoms with Crippen LogP contribution in [-0.4, -0.2) is 71.4 Å². The maximum Gasteiger partial charge on any atom is 0.353 e. The Morgan fingerprint density at radius 2 is 1.70 bits per heavy atom. The number of sulfone groups is 1. The maximum absolute atomic E-state index is 13.8. The first-order chi connectivity index (χ1) is 15.6. The Balaban J connectivity index is 1.80. The first-order valence-corrected chi connectivity index (χ1v) is 12.7. The second kappa shape index (κ2) is 8.57. The zero-order valence-electron chi connectivity index (χ0n) is 18.6. The second-order valence-electron chi connectivity index (χ2n) is 8.98. The van der Waals surface area contributed by atoms with Gasteiger partial charge in [0.25, 0.3) is 5.91 Å². The fourth-order valence-corrected chi connectivity index (χ4v) is 7.34. The van der Waals surface area contributed by atoms with Crippen molar-refractivity contribution in [3.63, 3.8) is 0 Å². The van der Waals surface area contributed by atoms with Crippen LogP contribution in [0.3, 0.4) is 0 Å². The van der Waals surface area contributed by atoms with Crippen LogP contribution in [0.1, 0.15) is 49.9 Å². The summed E-state index contributed by atoms with van der Waals surface area (Å²) in [5.41, 5.74) is -0.595. The number of amides is 2. The molecule has 4 atom stereocenters. The monoisotopic (exact) mass is 476 g/mol. The summed E-state index contributed by atoms with van der Waals surface area (Å²) in [6, 6.07) is 5.06. The van der Waals surface area contributed by atoms with Crippen LogP contribution < -0.4 is 0 Å². The summed E-state index contributed by atoms with van der Waals surface area (Å²) in [4.78, 5) is 39.9. The number of fused-ring (bicyclic) bond motifs is 1. The molecule has 1 aromatic carbocycles. The molecular formula is C23H28N2O7S. The molecule has 33 heavy (non-hydrogen) atoms. The fourth-order valence-electron chi connectivity index (χ4n) is 5.33. The molecule has 10 heteroatoms. The molecule has 2 N–H and O–H groups in total. The average Bonchev–Trinajstić information content (AvgIpc) is 2.91. The highest BCUT2D eigenvalue weighted by Crippen LogP contribution is 2.50. The maximum atomic E-state index is 13.8. The summed E-state index contributed by atoms with van der Waals surface area (Å²) in [7, 11) is -4.43. The molecule has 2 fully saturated rings. The van der Waals surface area contributed by atoms with Gasteiger partial charge >= 0.3 is 5.97 Å². The van der Waals surface area contributed by atoms with Crippen molar-refractivity contribution in [2.75, 3.05) is 13.1 Å². The number of aliphatic hydroxyl groups is 1. The van der Waals surface area contributed by atoms with Gasteiger partial charge in [-0.1, -0.05) is 31.9 Å². The molecule has 0 aromatic heterocycles. The number of rotatable bonds is 5. The van der Waals surface area contributed by atoms with Crippen molar-refractivity contribution in [1.82, 2.24) is 9.80 Å². The summed E-state index contributed by atoms with van der Waals surface area (Å²) in [6.07, 6.45) is 2.64. The highest BCUT2D eigenvalue weighted by atomic mass is 32.2. The second-order valence-corrected chi connectivity index (χ2v) is 10.9.